The van der Waals surface area contributed by atoms with E-state index in [9.17, 15) is 9.59 Å². The summed E-state index contributed by atoms with van der Waals surface area (Å²) in [6.45, 7) is 6.59. The van der Waals surface area contributed by atoms with Gasteiger partial charge in [-0.2, -0.15) is 5.10 Å². The van der Waals surface area contributed by atoms with E-state index in [1.807, 2.05) is 31.7 Å². The molecular formula is C19H27N5O2. The zero-order valence-corrected chi connectivity index (χ0v) is 16.2. The number of aromatic nitrogens is 3. The first-order valence-corrected chi connectivity index (χ1v) is 9.07. The van der Waals surface area contributed by atoms with Crippen LogP contribution in [0, 0.1) is 5.41 Å². The van der Waals surface area contributed by atoms with Crippen LogP contribution >= 0.6 is 0 Å². The molecule has 7 nitrogen and oxygen atoms in total. The molecule has 1 aliphatic heterocycles. The SMILES string of the molecule is CN(C)C(=O)c1cnn2c(C3CCCCN3C(=O)C(C)(C)C)ccnc12. The van der Waals surface area contributed by atoms with Crippen molar-refractivity contribution in [3.05, 3.63) is 29.7 Å². The molecule has 0 aromatic carbocycles. The summed E-state index contributed by atoms with van der Waals surface area (Å²) in [5.74, 6) is 0.0137. The number of likely N-dealkylation sites (tertiary alicyclic amines) is 1. The fraction of sp³-hybridized carbons (Fsp3) is 0.579. The quantitative estimate of drug-likeness (QED) is 0.828. The van der Waals surface area contributed by atoms with Crippen LogP contribution < -0.4 is 0 Å². The highest BCUT2D eigenvalue weighted by atomic mass is 16.2. The number of carbonyl (C=O) groups is 2. The van der Waals surface area contributed by atoms with Gasteiger partial charge in [-0.1, -0.05) is 20.8 Å². The lowest BCUT2D eigenvalue weighted by atomic mass is 9.90. The Kier molecular flexibility index (Phi) is 4.73. The Hall–Kier alpha value is -2.44. The maximum atomic E-state index is 13.0. The van der Waals surface area contributed by atoms with Crippen molar-refractivity contribution < 1.29 is 9.59 Å². The number of fused-ring (bicyclic) bond motifs is 1. The molecule has 140 valence electrons. The van der Waals surface area contributed by atoms with E-state index >= 15 is 0 Å². The van der Waals surface area contributed by atoms with Gasteiger partial charge in [-0.05, 0) is 25.3 Å². The van der Waals surface area contributed by atoms with Crippen molar-refractivity contribution in [2.24, 2.45) is 5.41 Å². The average Bonchev–Trinajstić information content (AvgIpc) is 3.03. The summed E-state index contributed by atoms with van der Waals surface area (Å²) < 4.78 is 1.72. The first-order chi connectivity index (χ1) is 12.2. The van der Waals surface area contributed by atoms with Gasteiger partial charge in [0.2, 0.25) is 5.91 Å². The van der Waals surface area contributed by atoms with Gasteiger partial charge >= 0.3 is 0 Å². The molecule has 2 aromatic rings. The lowest BCUT2D eigenvalue weighted by molar-refractivity contribution is -0.143. The van der Waals surface area contributed by atoms with Gasteiger partial charge in [0.15, 0.2) is 5.65 Å². The number of nitrogens with zero attached hydrogens (tertiary/aromatic N) is 5. The van der Waals surface area contributed by atoms with Gasteiger partial charge in [-0.15, -0.1) is 0 Å². The van der Waals surface area contributed by atoms with E-state index in [1.165, 1.54) is 4.90 Å². The van der Waals surface area contributed by atoms with Crippen LogP contribution in [0.1, 0.15) is 62.1 Å². The second kappa shape index (κ2) is 6.70. The molecule has 7 heteroatoms. The van der Waals surface area contributed by atoms with E-state index in [4.69, 9.17) is 0 Å². The fourth-order valence-corrected chi connectivity index (χ4v) is 3.47. The molecule has 3 heterocycles. The third-order valence-electron chi connectivity index (χ3n) is 4.81. The molecule has 0 bridgehead atoms. The number of rotatable bonds is 2. The second-order valence-electron chi connectivity index (χ2n) is 8.12. The number of piperidine rings is 1. The van der Waals surface area contributed by atoms with E-state index in [2.05, 4.69) is 10.1 Å². The molecule has 2 amide bonds. The Morgan fingerprint density at radius 1 is 1.23 bits per heavy atom. The molecule has 1 saturated heterocycles. The lowest BCUT2D eigenvalue weighted by Gasteiger charge is -2.39. The zero-order chi connectivity index (χ0) is 19.1. The Morgan fingerprint density at radius 3 is 2.62 bits per heavy atom. The van der Waals surface area contributed by atoms with Gasteiger partial charge in [0.05, 0.1) is 17.9 Å². The Morgan fingerprint density at radius 2 is 1.96 bits per heavy atom. The van der Waals surface area contributed by atoms with Crippen LogP contribution in [0.2, 0.25) is 0 Å². The number of hydrogen-bond acceptors (Lipinski definition) is 4. The van der Waals surface area contributed by atoms with Crippen molar-refractivity contribution in [3.63, 3.8) is 0 Å². The molecule has 3 rings (SSSR count). The lowest BCUT2D eigenvalue weighted by Crippen LogP contribution is -2.44. The van der Waals surface area contributed by atoms with Crippen LogP contribution in [-0.4, -0.2) is 56.9 Å². The molecule has 0 spiro atoms. The summed E-state index contributed by atoms with van der Waals surface area (Å²) in [5.41, 5.74) is 1.49. The Balaban J connectivity index is 2.06. The highest BCUT2D eigenvalue weighted by Gasteiger charge is 2.35. The summed E-state index contributed by atoms with van der Waals surface area (Å²) in [7, 11) is 3.42. The monoisotopic (exact) mass is 357 g/mol. The van der Waals surface area contributed by atoms with Crippen molar-refractivity contribution in [2.45, 2.75) is 46.1 Å². The molecule has 2 aromatic heterocycles. The molecule has 0 aliphatic carbocycles. The van der Waals surface area contributed by atoms with E-state index in [0.717, 1.165) is 31.5 Å². The Labute approximate surface area is 154 Å². The van der Waals surface area contributed by atoms with Crippen LogP contribution in [0.3, 0.4) is 0 Å². The van der Waals surface area contributed by atoms with Crippen LogP contribution in [0.25, 0.3) is 5.65 Å². The van der Waals surface area contributed by atoms with Crippen molar-refractivity contribution in [3.8, 4) is 0 Å². The fourth-order valence-electron chi connectivity index (χ4n) is 3.47. The first-order valence-electron chi connectivity index (χ1n) is 9.07. The highest BCUT2D eigenvalue weighted by Crippen LogP contribution is 2.34. The number of amides is 2. The van der Waals surface area contributed by atoms with Crippen LogP contribution in [-0.2, 0) is 4.79 Å². The van der Waals surface area contributed by atoms with E-state index < -0.39 is 5.41 Å². The smallest absolute Gasteiger partial charge is 0.258 e. The predicted molar refractivity (Wildman–Crippen MR) is 98.8 cm³/mol. The second-order valence-corrected chi connectivity index (χ2v) is 8.12. The topological polar surface area (TPSA) is 70.8 Å². The van der Waals surface area contributed by atoms with Gasteiger partial charge in [0.25, 0.3) is 5.91 Å². The van der Waals surface area contributed by atoms with Crippen molar-refractivity contribution in [1.82, 2.24) is 24.4 Å². The van der Waals surface area contributed by atoms with Gasteiger partial charge < -0.3 is 9.80 Å². The minimum absolute atomic E-state index is 0.0526. The van der Waals surface area contributed by atoms with E-state index in [1.54, 1.807) is 31.0 Å². The van der Waals surface area contributed by atoms with Crippen molar-refractivity contribution >= 4 is 17.5 Å². The van der Waals surface area contributed by atoms with Crippen LogP contribution in [0.15, 0.2) is 18.5 Å². The maximum absolute atomic E-state index is 13.0. The summed E-state index contributed by atoms with van der Waals surface area (Å²) in [6, 6.07) is 1.85. The number of carbonyl (C=O) groups excluding carboxylic acids is 2. The largest absolute Gasteiger partial charge is 0.345 e. The average molecular weight is 357 g/mol. The van der Waals surface area contributed by atoms with Gasteiger partial charge in [-0.25, -0.2) is 9.50 Å². The third kappa shape index (κ3) is 3.18. The molecule has 1 fully saturated rings. The number of hydrogen-bond donors (Lipinski definition) is 0. The first kappa shape index (κ1) is 18.4. The van der Waals surface area contributed by atoms with Crippen LogP contribution in [0.5, 0.6) is 0 Å². The molecule has 26 heavy (non-hydrogen) atoms. The molecule has 0 radical (unpaired) electrons. The molecule has 1 unspecified atom stereocenters. The van der Waals surface area contributed by atoms with Crippen molar-refractivity contribution in [2.75, 3.05) is 20.6 Å². The molecule has 1 atom stereocenters. The Bertz CT molecular complexity index is 834. The molecular weight excluding hydrogens is 330 g/mol. The normalized spacial score (nSPS) is 18.2. The standard InChI is InChI=1S/C19H27N5O2/c1-19(2,3)18(26)23-11-7-6-8-14(23)15-9-10-20-16-13(12-21-24(15)16)17(25)22(4)5/h9-10,12,14H,6-8,11H2,1-5H3. The van der Waals surface area contributed by atoms with E-state index in [-0.39, 0.29) is 17.9 Å². The highest BCUT2D eigenvalue weighted by molar-refractivity contribution is 5.99. The third-order valence-corrected chi connectivity index (χ3v) is 4.81. The van der Waals surface area contributed by atoms with Crippen LogP contribution in [0.4, 0.5) is 0 Å². The molecule has 0 saturated carbocycles. The van der Waals surface area contributed by atoms with Gasteiger partial charge in [-0.3, -0.25) is 9.59 Å². The predicted octanol–water partition coefficient (Wildman–Crippen LogP) is 2.53. The summed E-state index contributed by atoms with van der Waals surface area (Å²) in [4.78, 5) is 33.2. The van der Waals surface area contributed by atoms with Gasteiger partial charge in [0.1, 0.15) is 5.56 Å². The van der Waals surface area contributed by atoms with Crippen molar-refractivity contribution in [1.29, 1.82) is 0 Å². The summed E-state index contributed by atoms with van der Waals surface area (Å²) in [5, 5.41) is 4.42. The summed E-state index contributed by atoms with van der Waals surface area (Å²) in [6.07, 6.45) is 6.22. The van der Waals surface area contributed by atoms with Gasteiger partial charge in [0, 0.05) is 32.3 Å². The van der Waals surface area contributed by atoms with E-state index in [0.29, 0.717) is 11.2 Å². The maximum Gasteiger partial charge on any atom is 0.258 e. The minimum Gasteiger partial charge on any atom is -0.345 e. The molecule has 1 aliphatic rings. The molecule has 0 N–H and O–H groups in total. The zero-order valence-electron chi connectivity index (χ0n) is 16.2. The minimum atomic E-state index is -0.433. The summed E-state index contributed by atoms with van der Waals surface area (Å²) >= 11 is 0.